The molecule has 4 heteroatoms. The second-order valence-corrected chi connectivity index (χ2v) is 3.97. The topological polar surface area (TPSA) is 37.8 Å². The summed E-state index contributed by atoms with van der Waals surface area (Å²) in [7, 11) is 1.83. The predicted octanol–water partition coefficient (Wildman–Crippen LogP) is 3.13. The zero-order valence-corrected chi connectivity index (χ0v) is 9.51. The number of nitrogens with one attached hydrogen (secondary N) is 1. The quantitative estimate of drug-likeness (QED) is 0.783. The summed E-state index contributed by atoms with van der Waals surface area (Å²) < 4.78 is 0. The van der Waals surface area contributed by atoms with Gasteiger partial charge in [0, 0.05) is 13.1 Å². The van der Waals surface area contributed by atoms with Crippen molar-refractivity contribution in [1.82, 2.24) is 9.97 Å². The SMILES string of the molecule is CNc1cc(C2=CCCCC2)nc(Cl)n1. The van der Waals surface area contributed by atoms with Crippen molar-refractivity contribution in [2.24, 2.45) is 0 Å². The molecular formula is C11H14ClN3. The molecule has 0 saturated heterocycles. The van der Waals surface area contributed by atoms with Gasteiger partial charge in [-0.2, -0.15) is 0 Å². The molecule has 1 aliphatic carbocycles. The van der Waals surface area contributed by atoms with Crippen molar-refractivity contribution in [2.45, 2.75) is 25.7 Å². The number of nitrogens with zero attached hydrogens (tertiary/aromatic N) is 2. The maximum Gasteiger partial charge on any atom is 0.224 e. The van der Waals surface area contributed by atoms with Gasteiger partial charge in [0.2, 0.25) is 5.28 Å². The van der Waals surface area contributed by atoms with E-state index in [0.717, 1.165) is 24.4 Å². The number of anilines is 1. The van der Waals surface area contributed by atoms with Crippen LogP contribution in [0.15, 0.2) is 12.1 Å². The van der Waals surface area contributed by atoms with Gasteiger partial charge in [0.25, 0.3) is 0 Å². The fourth-order valence-corrected chi connectivity index (χ4v) is 1.96. The lowest BCUT2D eigenvalue weighted by Gasteiger charge is -2.12. The molecule has 3 nitrogen and oxygen atoms in total. The molecule has 1 aliphatic rings. The van der Waals surface area contributed by atoms with Gasteiger partial charge < -0.3 is 5.32 Å². The van der Waals surface area contributed by atoms with Crippen molar-refractivity contribution >= 4 is 23.0 Å². The lowest BCUT2D eigenvalue weighted by molar-refractivity contribution is 0.739. The summed E-state index contributed by atoms with van der Waals surface area (Å²) in [6, 6.07) is 1.95. The van der Waals surface area contributed by atoms with Gasteiger partial charge >= 0.3 is 0 Å². The molecule has 0 spiro atoms. The molecule has 80 valence electrons. The summed E-state index contributed by atoms with van der Waals surface area (Å²) >= 11 is 5.86. The summed E-state index contributed by atoms with van der Waals surface area (Å²) in [5.41, 5.74) is 2.25. The Morgan fingerprint density at radius 1 is 1.33 bits per heavy atom. The Bertz CT molecular complexity index is 387. The van der Waals surface area contributed by atoms with Crippen molar-refractivity contribution in [2.75, 3.05) is 12.4 Å². The van der Waals surface area contributed by atoms with Crippen LogP contribution in [0.25, 0.3) is 5.57 Å². The number of hydrogen-bond acceptors (Lipinski definition) is 3. The van der Waals surface area contributed by atoms with Crippen molar-refractivity contribution in [1.29, 1.82) is 0 Å². The molecule has 1 aromatic rings. The molecule has 1 aromatic heterocycles. The summed E-state index contributed by atoms with van der Waals surface area (Å²) in [4.78, 5) is 8.31. The molecule has 0 aromatic carbocycles. The molecule has 0 fully saturated rings. The number of hydrogen-bond donors (Lipinski definition) is 1. The monoisotopic (exact) mass is 223 g/mol. The predicted molar refractivity (Wildman–Crippen MR) is 63.0 cm³/mol. The summed E-state index contributed by atoms with van der Waals surface area (Å²) in [5, 5.41) is 3.29. The Morgan fingerprint density at radius 3 is 2.87 bits per heavy atom. The third-order valence-corrected chi connectivity index (χ3v) is 2.74. The standard InChI is InChI=1S/C11H14ClN3/c1-13-10-7-9(14-11(12)15-10)8-5-3-2-4-6-8/h5,7H,2-4,6H2,1H3,(H,13,14,15). The fourth-order valence-electron chi connectivity index (χ4n) is 1.78. The van der Waals surface area contributed by atoms with Gasteiger partial charge in [-0.3, -0.25) is 0 Å². The zero-order chi connectivity index (χ0) is 10.7. The van der Waals surface area contributed by atoms with Crippen LogP contribution < -0.4 is 5.32 Å². The van der Waals surface area contributed by atoms with E-state index in [4.69, 9.17) is 11.6 Å². The van der Waals surface area contributed by atoms with E-state index in [9.17, 15) is 0 Å². The third-order valence-electron chi connectivity index (χ3n) is 2.57. The third kappa shape index (κ3) is 2.48. The first-order valence-electron chi connectivity index (χ1n) is 5.21. The Morgan fingerprint density at radius 2 is 2.20 bits per heavy atom. The lowest BCUT2D eigenvalue weighted by atomic mass is 9.97. The van der Waals surface area contributed by atoms with Gasteiger partial charge in [-0.15, -0.1) is 0 Å². The largest absolute Gasteiger partial charge is 0.373 e. The Hall–Kier alpha value is -1.09. The van der Waals surface area contributed by atoms with Gasteiger partial charge in [-0.1, -0.05) is 6.08 Å². The molecule has 0 bridgehead atoms. The van der Waals surface area contributed by atoms with E-state index in [1.54, 1.807) is 0 Å². The van der Waals surface area contributed by atoms with Crippen LogP contribution in [0.4, 0.5) is 5.82 Å². The maximum absolute atomic E-state index is 5.86. The molecule has 1 N–H and O–H groups in total. The van der Waals surface area contributed by atoms with Crippen LogP contribution in [-0.2, 0) is 0 Å². The first kappa shape index (κ1) is 10.4. The minimum atomic E-state index is 0.309. The number of rotatable bonds is 2. The normalized spacial score (nSPS) is 16.0. The van der Waals surface area contributed by atoms with E-state index in [0.29, 0.717) is 5.28 Å². The number of allylic oxidation sites excluding steroid dienone is 2. The van der Waals surface area contributed by atoms with Gasteiger partial charge in [0.05, 0.1) is 5.69 Å². The Balaban J connectivity index is 2.34. The smallest absolute Gasteiger partial charge is 0.224 e. The zero-order valence-electron chi connectivity index (χ0n) is 8.76. The molecule has 0 saturated carbocycles. The van der Waals surface area contributed by atoms with E-state index >= 15 is 0 Å². The molecule has 0 amide bonds. The van der Waals surface area contributed by atoms with E-state index in [2.05, 4.69) is 21.4 Å². The molecule has 1 heterocycles. The Labute approximate surface area is 94.6 Å². The van der Waals surface area contributed by atoms with Crippen LogP contribution in [0.3, 0.4) is 0 Å². The average molecular weight is 224 g/mol. The van der Waals surface area contributed by atoms with Gasteiger partial charge in [0.15, 0.2) is 0 Å². The highest BCUT2D eigenvalue weighted by molar-refractivity contribution is 6.28. The van der Waals surface area contributed by atoms with Crippen molar-refractivity contribution < 1.29 is 0 Å². The molecule has 0 atom stereocenters. The van der Waals surface area contributed by atoms with Crippen molar-refractivity contribution in [3.05, 3.63) is 23.1 Å². The minimum Gasteiger partial charge on any atom is -0.373 e. The second-order valence-electron chi connectivity index (χ2n) is 3.63. The van der Waals surface area contributed by atoms with Crippen LogP contribution in [0.2, 0.25) is 5.28 Å². The highest BCUT2D eigenvalue weighted by Crippen LogP contribution is 2.27. The van der Waals surface area contributed by atoms with Crippen molar-refractivity contribution in [3.8, 4) is 0 Å². The van der Waals surface area contributed by atoms with Crippen LogP contribution in [-0.4, -0.2) is 17.0 Å². The number of halogens is 1. The summed E-state index contributed by atoms with van der Waals surface area (Å²) in [6.07, 6.45) is 7.01. The van der Waals surface area contributed by atoms with E-state index < -0.39 is 0 Å². The van der Waals surface area contributed by atoms with Crippen LogP contribution in [0.5, 0.6) is 0 Å². The van der Waals surface area contributed by atoms with E-state index in [1.165, 1.54) is 18.4 Å². The van der Waals surface area contributed by atoms with Crippen LogP contribution in [0, 0.1) is 0 Å². The second kappa shape index (κ2) is 4.62. The first-order valence-corrected chi connectivity index (χ1v) is 5.59. The highest BCUT2D eigenvalue weighted by atomic mass is 35.5. The van der Waals surface area contributed by atoms with Gasteiger partial charge in [-0.25, -0.2) is 9.97 Å². The molecule has 15 heavy (non-hydrogen) atoms. The summed E-state index contributed by atoms with van der Waals surface area (Å²) in [6.45, 7) is 0. The summed E-state index contributed by atoms with van der Waals surface area (Å²) in [5.74, 6) is 0.775. The molecule has 0 aliphatic heterocycles. The molecule has 0 unspecified atom stereocenters. The first-order chi connectivity index (χ1) is 7.29. The fraction of sp³-hybridized carbons (Fsp3) is 0.455. The van der Waals surface area contributed by atoms with E-state index in [1.807, 2.05) is 13.1 Å². The molecule has 2 rings (SSSR count). The van der Waals surface area contributed by atoms with Gasteiger partial charge in [-0.05, 0) is 42.9 Å². The number of aromatic nitrogens is 2. The maximum atomic E-state index is 5.86. The Kier molecular flexibility index (Phi) is 3.21. The van der Waals surface area contributed by atoms with E-state index in [-0.39, 0.29) is 0 Å². The van der Waals surface area contributed by atoms with Gasteiger partial charge in [0.1, 0.15) is 5.82 Å². The average Bonchev–Trinajstić information content (AvgIpc) is 2.29. The van der Waals surface area contributed by atoms with Crippen LogP contribution >= 0.6 is 11.6 Å². The van der Waals surface area contributed by atoms with Crippen LogP contribution in [0.1, 0.15) is 31.4 Å². The van der Waals surface area contributed by atoms with Crippen molar-refractivity contribution in [3.63, 3.8) is 0 Å². The lowest BCUT2D eigenvalue weighted by Crippen LogP contribution is -2.00. The molecular weight excluding hydrogens is 210 g/mol. The highest BCUT2D eigenvalue weighted by Gasteiger charge is 2.09. The minimum absolute atomic E-state index is 0.309. The molecule has 0 radical (unpaired) electrons.